The largest absolute Gasteiger partial charge is 0.394 e. The van der Waals surface area contributed by atoms with E-state index in [0.717, 1.165) is 5.56 Å². The Bertz CT molecular complexity index is 522. The minimum absolute atomic E-state index is 0.0930. The van der Waals surface area contributed by atoms with Gasteiger partial charge in [-0.25, -0.2) is 0 Å². The number of aromatic amines is 1. The number of amides is 1. The first-order valence-corrected chi connectivity index (χ1v) is 5.73. The summed E-state index contributed by atoms with van der Waals surface area (Å²) in [4.78, 5) is 12.0. The minimum atomic E-state index is -0.281. The van der Waals surface area contributed by atoms with Crippen LogP contribution < -0.4 is 5.32 Å². The molecule has 1 atom stereocenters. The molecule has 0 saturated heterocycles. The van der Waals surface area contributed by atoms with Crippen molar-refractivity contribution in [3.05, 3.63) is 42.1 Å². The van der Waals surface area contributed by atoms with Crippen LogP contribution in [0.3, 0.4) is 0 Å². The molecule has 1 amide bonds. The number of rotatable bonds is 4. The molecular weight excluding hydrogens is 230 g/mol. The van der Waals surface area contributed by atoms with Gasteiger partial charge >= 0.3 is 0 Å². The summed E-state index contributed by atoms with van der Waals surface area (Å²) in [6.07, 6.45) is 1.49. The Balaban J connectivity index is 2.26. The molecule has 0 spiro atoms. The van der Waals surface area contributed by atoms with Crippen molar-refractivity contribution in [1.29, 1.82) is 0 Å². The lowest BCUT2D eigenvalue weighted by Crippen LogP contribution is -2.35. The second-order valence-electron chi connectivity index (χ2n) is 4.08. The zero-order chi connectivity index (χ0) is 13.0. The van der Waals surface area contributed by atoms with Crippen LogP contribution in [0.2, 0.25) is 0 Å². The first-order chi connectivity index (χ1) is 8.72. The molecule has 0 aliphatic carbocycles. The summed E-state index contributed by atoms with van der Waals surface area (Å²) in [5.74, 6) is -0.246. The van der Waals surface area contributed by atoms with Crippen LogP contribution in [-0.4, -0.2) is 33.9 Å². The van der Waals surface area contributed by atoms with Crippen molar-refractivity contribution in [3.63, 3.8) is 0 Å². The van der Waals surface area contributed by atoms with Gasteiger partial charge in [0.15, 0.2) is 0 Å². The maximum atomic E-state index is 12.0. The first kappa shape index (κ1) is 12.3. The van der Waals surface area contributed by atoms with E-state index >= 15 is 0 Å². The van der Waals surface area contributed by atoms with E-state index in [-0.39, 0.29) is 18.6 Å². The van der Waals surface area contributed by atoms with E-state index in [2.05, 4.69) is 15.5 Å². The van der Waals surface area contributed by atoms with Crippen molar-refractivity contribution in [3.8, 4) is 11.3 Å². The highest BCUT2D eigenvalue weighted by Gasteiger charge is 2.16. The Morgan fingerprint density at radius 2 is 2.17 bits per heavy atom. The second-order valence-corrected chi connectivity index (χ2v) is 4.08. The van der Waals surface area contributed by atoms with Crippen LogP contribution in [0.25, 0.3) is 11.3 Å². The third kappa shape index (κ3) is 2.57. The average Bonchev–Trinajstić information content (AvgIpc) is 2.88. The number of carbonyl (C=O) groups is 1. The Morgan fingerprint density at radius 1 is 1.44 bits per heavy atom. The Hall–Kier alpha value is -2.14. The van der Waals surface area contributed by atoms with Crippen LogP contribution in [-0.2, 0) is 0 Å². The lowest BCUT2D eigenvalue weighted by Gasteiger charge is -2.10. The fraction of sp³-hybridized carbons (Fsp3) is 0.231. The van der Waals surface area contributed by atoms with E-state index in [0.29, 0.717) is 11.3 Å². The van der Waals surface area contributed by atoms with Crippen molar-refractivity contribution in [1.82, 2.24) is 15.5 Å². The Kier molecular flexibility index (Phi) is 3.74. The summed E-state index contributed by atoms with van der Waals surface area (Å²) in [5, 5.41) is 18.3. The van der Waals surface area contributed by atoms with Crippen molar-refractivity contribution < 1.29 is 9.90 Å². The van der Waals surface area contributed by atoms with Gasteiger partial charge in [0, 0.05) is 11.6 Å². The van der Waals surface area contributed by atoms with E-state index in [1.165, 1.54) is 6.20 Å². The van der Waals surface area contributed by atoms with Crippen molar-refractivity contribution in [2.45, 2.75) is 13.0 Å². The molecule has 0 radical (unpaired) electrons. The van der Waals surface area contributed by atoms with Crippen molar-refractivity contribution in [2.75, 3.05) is 6.61 Å². The number of aromatic nitrogens is 2. The van der Waals surface area contributed by atoms with Gasteiger partial charge in [-0.2, -0.15) is 5.10 Å². The topological polar surface area (TPSA) is 78.0 Å². The number of aliphatic hydroxyl groups excluding tert-OH is 1. The number of hydrogen-bond acceptors (Lipinski definition) is 3. The molecule has 1 heterocycles. The van der Waals surface area contributed by atoms with Gasteiger partial charge in [0.2, 0.25) is 0 Å². The summed E-state index contributed by atoms with van der Waals surface area (Å²) in [7, 11) is 0. The van der Waals surface area contributed by atoms with Crippen molar-refractivity contribution in [2.24, 2.45) is 0 Å². The average molecular weight is 245 g/mol. The highest BCUT2D eigenvalue weighted by atomic mass is 16.3. The van der Waals surface area contributed by atoms with Gasteiger partial charge in [0.05, 0.1) is 24.1 Å². The summed E-state index contributed by atoms with van der Waals surface area (Å²) in [5.41, 5.74) is 2.05. The number of hydrogen-bond donors (Lipinski definition) is 3. The molecule has 0 unspecified atom stereocenters. The quantitative estimate of drug-likeness (QED) is 0.757. The standard InChI is InChI=1S/C13H15N3O2/c1-9(8-17)15-13(18)11-7-14-16-12(11)10-5-3-2-4-6-10/h2-7,9,17H,8H2,1H3,(H,14,16)(H,15,18)/t9-/m0/s1. The van der Waals surface area contributed by atoms with Gasteiger partial charge in [0.1, 0.15) is 0 Å². The minimum Gasteiger partial charge on any atom is -0.394 e. The molecule has 2 aromatic rings. The normalized spacial score (nSPS) is 12.1. The van der Waals surface area contributed by atoms with E-state index in [9.17, 15) is 4.79 Å². The van der Waals surface area contributed by atoms with Gasteiger partial charge < -0.3 is 10.4 Å². The fourth-order valence-electron chi connectivity index (χ4n) is 1.63. The molecule has 1 aromatic carbocycles. The molecule has 0 bridgehead atoms. The maximum Gasteiger partial charge on any atom is 0.255 e. The van der Waals surface area contributed by atoms with Gasteiger partial charge in [0.25, 0.3) is 5.91 Å². The van der Waals surface area contributed by atoms with E-state index in [1.54, 1.807) is 6.92 Å². The first-order valence-electron chi connectivity index (χ1n) is 5.73. The number of aliphatic hydroxyl groups is 1. The SMILES string of the molecule is C[C@@H](CO)NC(=O)c1cn[nH]c1-c1ccccc1. The van der Waals surface area contributed by atoms with Crippen LogP contribution in [0, 0.1) is 0 Å². The van der Waals surface area contributed by atoms with Gasteiger partial charge in [-0.05, 0) is 6.92 Å². The van der Waals surface area contributed by atoms with E-state index < -0.39 is 0 Å². The zero-order valence-electron chi connectivity index (χ0n) is 10.1. The number of H-pyrrole nitrogens is 1. The van der Waals surface area contributed by atoms with Crippen LogP contribution in [0.15, 0.2) is 36.5 Å². The zero-order valence-corrected chi connectivity index (χ0v) is 10.1. The molecule has 3 N–H and O–H groups in total. The second kappa shape index (κ2) is 5.46. The van der Waals surface area contributed by atoms with Gasteiger partial charge in [-0.3, -0.25) is 9.89 Å². The predicted octanol–water partition coefficient (Wildman–Crippen LogP) is 1.19. The molecule has 5 nitrogen and oxygen atoms in total. The molecule has 0 aliphatic heterocycles. The Morgan fingerprint density at radius 3 is 2.83 bits per heavy atom. The van der Waals surface area contributed by atoms with E-state index in [4.69, 9.17) is 5.11 Å². The maximum absolute atomic E-state index is 12.0. The van der Waals surface area contributed by atoms with Gasteiger partial charge in [-0.15, -0.1) is 0 Å². The number of carbonyl (C=O) groups excluding carboxylic acids is 1. The number of nitrogens with zero attached hydrogens (tertiary/aromatic N) is 1. The fourth-order valence-corrected chi connectivity index (χ4v) is 1.63. The monoisotopic (exact) mass is 245 g/mol. The molecule has 0 aliphatic rings. The molecule has 94 valence electrons. The van der Waals surface area contributed by atoms with Crippen molar-refractivity contribution >= 4 is 5.91 Å². The summed E-state index contributed by atoms with van der Waals surface area (Å²) < 4.78 is 0. The lowest BCUT2D eigenvalue weighted by atomic mass is 10.1. The molecule has 5 heteroatoms. The molecule has 18 heavy (non-hydrogen) atoms. The molecule has 2 rings (SSSR count). The highest BCUT2D eigenvalue weighted by molar-refractivity contribution is 5.99. The molecule has 0 saturated carbocycles. The smallest absolute Gasteiger partial charge is 0.255 e. The molecular formula is C13H15N3O2. The predicted molar refractivity (Wildman–Crippen MR) is 68.0 cm³/mol. The molecule has 0 fully saturated rings. The molecule has 1 aromatic heterocycles. The van der Waals surface area contributed by atoms with Crippen LogP contribution in [0.4, 0.5) is 0 Å². The number of nitrogens with one attached hydrogen (secondary N) is 2. The third-order valence-electron chi connectivity index (χ3n) is 2.60. The van der Waals surface area contributed by atoms with Crippen LogP contribution >= 0.6 is 0 Å². The summed E-state index contributed by atoms with van der Waals surface area (Å²) in [6.45, 7) is 1.64. The lowest BCUT2D eigenvalue weighted by molar-refractivity contribution is 0.0923. The number of benzene rings is 1. The van der Waals surface area contributed by atoms with Gasteiger partial charge in [-0.1, -0.05) is 30.3 Å². The summed E-state index contributed by atoms with van der Waals surface area (Å²) >= 11 is 0. The Labute approximate surface area is 105 Å². The van der Waals surface area contributed by atoms with Crippen LogP contribution in [0.1, 0.15) is 17.3 Å². The highest BCUT2D eigenvalue weighted by Crippen LogP contribution is 2.20. The third-order valence-corrected chi connectivity index (χ3v) is 2.60. The summed E-state index contributed by atoms with van der Waals surface area (Å²) in [6, 6.07) is 9.23. The van der Waals surface area contributed by atoms with Crippen LogP contribution in [0.5, 0.6) is 0 Å². The van der Waals surface area contributed by atoms with E-state index in [1.807, 2.05) is 30.3 Å².